The van der Waals surface area contributed by atoms with E-state index in [4.69, 9.17) is 4.74 Å². The molecule has 84 valence electrons. The molecule has 1 N–H and O–H groups in total. The third-order valence-electron chi connectivity index (χ3n) is 3.54. The van der Waals surface area contributed by atoms with E-state index in [1.54, 1.807) is 7.11 Å². The van der Waals surface area contributed by atoms with E-state index in [0.29, 0.717) is 0 Å². The second-order valence-corrected chi connectivity index (χ2v) is 4.52. The Morgan fingerprint density at radius 1 is 1.43 bits per heavy atom. The lowest BCUT2D eigenvalue weighted by Crippen LogP contribution is -2.35. The van der Waals surface area contributed by atoms with Crippen LogP contribution >= 0.6 is 0 Å². The molecule has 0 heterocycles. The van der Waals surface area contributed by atoms with E-state index in [-0.39, 0.29) is 0 Å². The first-order chi connectivity index (χ1) is 6.79. The van der Waals surface area contributed by atoms with E-state index in [1.807, 2.05) is 0 Å². The van der Waals surface area contributed by atoms with E-state index >= 15 is 0 Å². The van der Waals surface area contributed by atoms with E-state index in [1.165, 1.54) is 25.7 Å². The van der Waals surface area contributed by atoms with Crippen molar-refractivity contribution in [3.05, 3.63) is 0 Å². The number of ether oxygens (including phenoxy) is 1. The molecule has 0 radical (unpaired) electrons. The summed E-state index contributed by atoms with van der Waals surface area (Å²) in [5.74, 6) is 1.69. The highest BCUT2D eigenvalue weighted by Crippen LogP contribution is 2.33. The minimum absolute atomic E-state index is 0.770. The molecule has 0 spiro atoms. The standard InChI is InChI=1S/C12H25NO/c1-4-13-12-7-5-6-11(12)10(2)8-9-14-3/h10-13H,4-9H2,1-3H3. The SMILES string of the molecule is CCNC1CCCC1C(C)CCOC. The van der Waals surface area contributed by atoms with Gasteiger partial charge in [-0.15, -0.1) is 0 Å². The third kappa shape index (κ3) is 3.25. The fourth-order valence-electron chi connectivity index (χ4n) is 2.70. The summed E-state index contributed by atoms with van der Waals surface area (Å²) in [6, 6.07) is 0.770. The number of hydrogen-bond acceptors (Lipinski definition) is 2. The maximum absolute atomic E-state index is 5.15. The zero-order valence-electron chi connectivity index (χ0n) is 9.88. The van der Waals surface area contributed by atoms with E-state index < -0.39 is 0 Å². The average Bonchev–Trinajstić information content (AvgIpc) is 2.63. The smallest absolute Gasteiger partial charge is 0.0464 e. The van der Waals surface area contributed by atoms with Crippen molar-refractivity contribution < 1.29 is 4.74 Å². The summed E-state index contributed by atoms with van der Waals surface area (Å²) in [4.78, 5) is 0. The Morgan fingerprint density at radius 2 is 2.21 bits per heavy atom. The summed E-state index contributed by atoms with van der Waals surface area (Å²) in [6.45, 7) is 6.60. The van der Waals surface area contributed by atoms with Gasteiger partial charge in [0.05, 0.1) is 0 Å². The van der Waals surface area contributed by atoms with Crippen molar-refractivity contribution in [1.82, 2.24) is 5.32 Å². The van der Waals surface area contributed by atoms with Crippen LogP contribution < -0.4 is 5.32 Å². The quantitative estimate of drug-likeness (QED) is 0.709. The lowest BCUT2D eigenvalue weighted by atomic mass is 9.87. The lowest BCUT2D eigenvalue weighted by molar-refractivity contribution is 0.159. The first kappa shape index (κ1) is 12.0. The number of hydrogen-bond donors (Lipinski definition) is 1. The van der Waals surface area contributed by atoms with E-state index in [0.717, 1.165) is 31.0 Å². The van der Waals surface area contributed by atoms with Crippen LogP contribution in [0.3, 0.4) is 0 Å². The molecule has 1 rings (SSSR count). The summed E-state index contributed by atoms with van der Waals surface area (Å²) in [6.07, 6.45) is 5.39. The van der Waals surface area contributed by atoms with Gasteiger partial charge in [-0.25, -0.2) is 0 Å². The Labute approximate surface area is 88.4 Å². The topological polar surface area (TPSA) is 21.3 Å². The second-order valence-electron chi connectivity index (χ2n) is 4.52. The van der Waals surface area contributed by atoms with Crippen LogP contribution in [0, 0.1) is 11.8 Å². The van der Waals surface area contributed by atoms with Crippen LogP contribution in [0.5, 0.6) is 0 Å². The highest BCUT2D eigenvalue weighted by molar-refractivity contribution is 4.85. The fraction of sp³-hybridized carbons (Fsp3) is 1.00. The summed E-state index contributed by atoms with van der Waals surface area (Å²) < 4.78 is 5.15. The molecule has 1 fully saturated rings. The Bertz CT molecular complexity index is 149. The summed E-state index contributed by atoms with van der Waals surface area (Å²) in [7, 11) is 1.79. The van der Waals surface area contributed by atoms with E-state index in [9.17, 15) is 0 Å². The van der Waals surface area contributed by atoms with Crippen LogP contribution in [0.4, 0.5) is 0 Å². The molecule has 1 aliphatic rings. The van der Waals surface area contributed by atoms with Gasteiger partial charge in [0.15, 0.2) is 0 Å². The molecule has 3 atom stereocenters. The van der Waals surface area contributed by atoms with Gasteiger partial charge in [0.25, 0.3) is 0 Å². The molecule has 3 unspecified atom stereocenters. The molecule has 2 nitrogen and oxygen atoms in total. The van der Waals surface area contributed by atoms with Crippen molar-refractivity contribution in [3.8, 4) is 0 Å². The molecule has 2 heteroatoms. The minimum Gasteiger partial charge on any atom is -0.385 e. The molecule has 0 saturated heterocycles. The van der Waals surface area contributed by atoms with Crippen LogP contribution in [0.1, 0.15) is 39.5 Å². The predicted octanol–water partition coefficient (Wildman–Crippen LogP) is 2.44. The molecule has 0 aromatic carbocycles. The molecule has 14 heavy (non-hydrogen) atoms. The van der Waals surface area contributed by atoms with Crippen molar-refractivity contribution in [2.24, 2.45) is 11.8 Å². The number of rotatable bonds is 6. The van der Waals surface area contributed by atoms with Gasteiger partial charge in [-0.1, -0.05) is 20.3 Å². The largest absolute Gasteiger partial charge is 0.385 e. The Morgan fingerprint density at radius 3 is 2.86 bits per heavy atom. The summed E-state index contributed by atoms with van der Waals surface area (Å²) >= 11 is 0. The van der Waals surface area contributed by atoms with Gasteiger partial charge in [-0.2, -0.15) is 0 Å². The van der Waals surface area contributed by atoms with Crippen molar-refractivity contribution in [2.75, 3.05) is 20.3 Å². The monoisotopic (exact) mass is 199 g/mol. The van der Waals surface area contributed by atoms with Gasteiger partial charge in [-0.3, -0.25) is 0 Å². The second kappa shape index (κ2) is 6.41. The predicted molar refractivity (Wildman–Crippen MR) is 60.5 cm³/mol. The zero-order valence-corrected chi connectivity index (χ0v) is 9.88. The Hall–Kier alpha value is -0.0800. The van der Waals surface area contributed by atoms with Gasteiger partial charge in [0, 0.05) is 19.8 Å². The molecule has 0 bridgehead atoms. The molecule has 0 amide bonds. The Balaban J connectivity index is 2.32. The molecule has 1 aliphatic carbocycles. The molecular formula is C12H25NO. The normalized spacial score (nSPS) is 29.4. The first-order valence-electron chi connectivity index (χ1n) is 6.02. The van der Waals surface area contributed by atoms with Crippen LogP contribution in [-0.2, 0) is 4.74 Å². The van der Waals surface area contributed by atoms with Gasteiger partial charge < -0.3 is 10.1 Å². The first-order valence-corrected chi connectivity index (χ1v) is 6.02. The molecule has 0 aromatic rings. The van der Waals surface area contributed by atoms with Crippen LogP contribution in [0.25, 0.3) is 0 Å². The summed E-state index contributed by atoms with van der Waals surface area (Å²) in [5, 5.41) is 3.61. The van der Waals surface area contributed by atoms with E-state index in [2.05, 4.69) is 19.2 Å². The van der Waals surface area contributed by atoms with Gasteiger partial charge in [0.2, 0.25) is 0 Å². The molecule has 0 aromatic heterocycles. The molecular weight excluding hydrogens is 174 g/mol. The van der Waals surface area contributed by atoms with Crippen molar-refractivity contribution in [3.63, 3.8) is 0 Å². The van der Waals surface area contributed by atoms with Crippen molar-refractivity contribution >= 4 is 0 Å². The van der Waals surface area contributed by atoms with Gasteiger partial charge in [0.1, 0.15) is 0 Å². The maximum atomic E-state index is 5.15. The van der Waals surface area contributed by atoms with Crippen LogP contribution in [-0.4, -0.2) is 26.3 Å². The van der Waals surface area contributed by atoms with Gasteiger partial charge >= 0.3 is 0 Å². The fourth-order valence-corrected chi connectivity index (χ4v) is 2.70. The van der Waals surface area contributed by atoms with Crippen LogP contribution in [0.2, 0.25) is 0 Å². The van der Waals surface area contributed by atoms with Crippen molar-refractivity contribution in [1.29, 1.82) is 0 Å². The van der Waals surface area contributed by atoms with Crippen LogP contribution in [0.15, 0.2) is 0 Å². The maximum Gasteiger partial charge on any atom is 0.0464 e. The molecule has 0 aliphatic heterocycles. The molecule has 1 saturated carbocycles. The van der Waals surface area contributed by atoms with Gasteiger partial charge in [-0.05, 0) is 37.6 Å². The number of methoxy groups -OCH3 is 1. The van der Waals surface area contributed by atoms with Crippen molar-refractivity contribution in [2.45, 2.75) is 45.6 Å². The average molecular weight is 199 g/mol. The highest BCUT2D eigenvalue weighted by Gasteiger charge is 2.30. The lowest BCUT2D eigenvalue weighted by Gasteiger charge is -2.26. The minimum atomic E-state index is 0.770. The summed E-state index contributed by atoms with van der Waals surface area (Å²) in [5.41, 5.74) is 0. The third-order valence-corrected chi connectivity index (χ3v) is 3.54. The number of nitrogens with one attached hydrogen (secondary N) is 1. The Kier molecular flexibility index (Phi) is 5.49. The zero-order chi connectivity index (χ0) is 10.4. The highest BCUT2D eigenvalue weighted by atomic mass is 16.5.